The molecule has 6 heteroatoms. The van der Waals surface area contributed by atoms with Crippen molar-refractivity contribution in [2.24, 2.45) is 7.05 Å². The van der Waals surface area contributed by atoms with Crippen molar-refractivity contribution >= 4 is 6.29 Å². The number of hydrogen-bond donors (Lipinski definition) is 0. The lowest BCUT2D eigenvalue weighted by atomic mass is 10.3. The Morgan fingerprint density at radius 2 is 2.13 bits per heavy atom. The molecule has 78 valence electrons. The Bertz CT molecular complexity index is 511. The molecule has 0 saturated heterocycles. The number of aldehydes is 1. The molecule has 2 aromatic rings. The quantitative estimate of drug-likeness (QED) is 0.667. The molecule has 2 rings (SSSR count). The van der Waals surface area contributed by atoms with E-state index in [2.05, 4.69) is 15.2 Å². The number of carbonyl (C=O) groups excluding carboxylic acids is 1. The summed E-state index contributed by atoms with van der Waals surface area (Å²) in [6, 6.07) is 0. The third-order valence-corrected chi connectivity index (χ3v) is 2.14. The molecule has 2 heterocycles. The average Bonchev–Trinajstić information content (AvgIpc) is 2.69. The van der Waals surface area contributed by atoms with Crippen molar-refractivity contribution in [3.63, 3.8) is 0 Å². The number of rotatable bonds is 2. The number of aromatic nitrogens is 5. The minimum absolute atomic E-state index is 0.505. The third-order valence-electron chi connectivity index (χ3n) is 2.14. The molecule has 0 unspecified atom stereocenters. The molecule has 0 amide bonds. The minimum Gasteiger partial charge on any atom is -0.298 e. The minimum atomic E-state index is 0.505. The van der Waals surface area contributed by atoms with E-state index in [1.165, 1.54) is 6.20 Å². The zero-order valence-corrected chi connectivity index (χ0v) is 8.80. The van der Waals surface area contributed by atoms with Crippen molar-refractivity contribution in [1.29, 1.82) is 0 Å². The Hall–Kier alpha value is -1.98. The summed E-state index contributed by atoms with van der Waals surface area (Å²) < 4.78 is 3.22. The van der Waals surface area contributed by atoms with Gasteiger partial charge < -0.3 is 0 Å². The van der Waals surface area contributed by atoms with Crippen molar-refractivity contribution in [1.82, 2.24) is 24.5 Å². The topological polar surface area (TPSA) is 65.6 Å². The molecular weight excluding hydrogens is 194 g/mol. The molecule has 0 N–H and O–H groups in total. The summed E-state index contributed by atoms with van der Waals surface area (Å²) in [5.74, 6) is 2.05. The smallest absolute Gasteiger partial charge is 0.164 e. The molecular formula is C9H11N5O. The fourth-order valence-electron chi connectivity index (χ4n) is 1.51. The van der Waals surface area contributed by atoms with Gasteiger partial charge in [-0.3, -0.25) is 9.48 Å². The second-order valence-corrected chi connectivity index (χ2v) is 3.28. The zero-order valence-electron chi connectivity index (χ0n) is 8.80. The highest BCUT2D eigenvalue weighted by molar-refractivity contribution is 5.79. The molecule has 0 spiro atoms. The van der Waals surface area contributed by atoms with Crippen LogP contribution < -0.4 is 0 Å². The summed E-state index contributed by atoms with van der Waals surface area (Å²) in [5, 5.41) is 8.22. The predicted molar refractivity (Wildman–Crippen MR) is 53.0 cm³/mol. The van der Waals surface area contributed by atoms with Gasteiger partial charge in [0.15, 0.2) is 12.1 Å². The molecule has 0 aliphatic heterocycles. The lowest BCUT2D eigenvalue weighted by Gasteiger charge is -2.03. The van der Waals surface area contributed by atoms with Gasteiger partial charge in [-0.05, 0) is 13.8 Å². The van der Waals surface area contributed by atoms with Gasteiger partial charge in [-0.2, -0.15) is 9.78 Å². The summed E-state index contributed by atoms with van der Waals surface area (Å²) in [4.78, 5) is 15.0. The van der Waals surface area contributed by atoms with E-state index in [-0.39, 0.29) is 0 Å². The fraction of sp³-hybridized carbons (Fsp3) is 0.333. The van der Waals surface area contributed by atoms with Crippen LogP contribution in [0.3, 0.4) is 0 Å². The Labute approximate surface area is 86.5 Å². The van der Waals surface area contributed by atoms with Crippen LogP contribution in [0.4, 0.5) is 0 Å². The second-order valence-electron chi connectivity index (χ2n) is 3.28. The van der Waals surface area contributed by atoms with Gasteiger partial charge in [0.05, 0.1) is 11.8 Å². The van der Waals surface area contributed by atoms with Gasteiger partial charge in [-0.15, -0.1) is 5.10 Å². The number of carbonyl (C=O) groups is 1. The van der Waals surface area contributed by atoms with E-state index in [9.17, 15) is 4.79 Å². The van der Waals surface area contributed by atoms with Crippen molar-refractivity contribution in [2.75, 3.05) is 0 Å². The maximum absolute atomic E-state index is 10.8. The van der Waals surface area contributed by atoms with Crippen LogP contribution >= 0.6 is 0 Å². The van der Waals surface area contributed by atoms with Crippen molar-refractivity contribution in [2.45, 2.75) is 13.8 Å². The summed E-state index contributed by atoms with van der Waals surface area (Å²) in [6.07, 6.45) is 2.28. The summed E-state index contributed by atoms with van der Waals surface area (Å²) in [7, 11) is 1.76. The Morgan fingerprint density at radius 1 is 1.40 bits per heavy atom. The highest BCUT2D eigenvalue weighted by Crippen LogP contribution is 2.12. The molecule has 6 nitrogen and oxygen atoms in total. The fourth-order valence-corrected chi connectivity index (χ4v) is 1.51. The van der Waals surface area contributed by atoms with Gasteiger partial charge in [0.1, 0.15) is 11.6 Å². The molecule has 0 bridgehead atoms. The summed E-state index contributed by atoms with van der Waals surface area (Å²) in [6.45, 7) is 3.64. The van der Waals surface area contributed by atoms with Crippen LogP contribution in [0.5, 0.6) is 0 Å². The highest BCUT2D eigenvalue weighted by atomic mass is 16.1. The summed E-state index contributed by atoms with van der Waals surface area (Å²) in [5.41, 5.74) is 0.505. The van der Waals surface area contributed by atoms with Crippen LogP contribution in [0.1, 0.15) is 22.0 Å². The van der Waals surface area contributed by atoms with E-state index in [4.69, 9.17) is 0 Å². The largest absolute Gasteiger partial charge is 0.298 e. The normalized spacial score (nSPS) is 10.6. The SMILES string of the molecule is Cc1nc(C)n(-c2c(C=O)cnn2C)n1. The second kappa shape index (κ2) is 3.30. The predicted octanol–water partition coefficient (Wildman–Crippen LogP) is 0.430. The van der Waals surface area contributed by atoms with Gasteiger partial charge in [0, 0.05) is 7.05 Å². The molecule has 0 aromatic carbocycles. The Balaban J connectivity index is 2.67. The van der Waals surface area contributed by atoms with E-state index in [1.54, 1.807) is 23.3 Å². The van der Waals surface area contributed by atoms with Crippen molar-refractivity contribution in [3.05, 3.63) is 23.4 Å². The number of nitrogens with zero attached hydrogens (tertiary/aromatic N) is 5. The molecule has 0 radical (unpaired) electrons. The average molecular weight is 205 g/mol. The van der Waals surface area contributed by atoms with Crippen LogP contribution in [0, 0.1) is 13.8 Å². The van der Waals surface area contributed by atoms with Crippen LogP contribution in [0.15, 0.2) is 6.20 Å². The molecule has 0 aliphatic carbocycles. The highest BCUT2D eigenvalue weighted by Gasteiger charge is 2.13. The first-order valence-corrected chi connectivity index (χ1v) is 4.51. The van der Waals surface area contributed by atoms with Gasteiger partial charge in [-0.25, -0.2) is 4.98 Å². The van der Waals surface area contributed by atoms with Crippen molar-refractivity contribution < 1.29 is 4.79 Å². The molecule has 0 fully saturated rings. The van der Waals surface area contributed by atoms with Crippen LogP contribution in [0.2, 0.25) is 0 Å². The first kappa shape index (κ1) is 9.57. The number of aryl methyl sites for hydroxylation is 3. The van der Waals surface area contributed by atoms with E-state index in [0.717, 1.165) is 12.1 Å². The van der Waals surface area contributed by atoms with E-state index in [0.29, 0.717) is 17.2 Å². The van der Waals surface area contributed by atoms with Crippen LogP contribution in [-0.2, 0) is 7.05 Å². The molecule has 2 aromatic heterocycles. The van der Waals surface area contributed by atoms with Crippen molar-refractivity contribution in [3.8, 4) is 5.82 Å². The first-order chi connectivity index (χ1) is 7.13. The van der Waals surface area contributed by atoms with Gasteiger partial charge in [-0.1, -0.05) is 0 Å². The lowest BCUT2D eigenvalue weighted by molar-refractivity contribution is 0.112. The van der Waals surface area contributed by atoms with Gasteiger partial charge in [0.2, 0.25) is 0 Å². The summed E-state index contributed by atoms with van der Waals surface area (Å²) >= 11 is 0. The van der Waals surface area contributed by atoms with E-state index in [1.807, 2.05) is 6.92 Å². The number of hydrogen-bond acceptors (Lipinski definition) is 4. The maximum atomic E-state index is 10.8. The monoisotopic (exact) mass is 205 g/mol. The molecule has 0 atom stereocenters. The van der Waals surface area contributed by atoms with Crippen LogP contribution in [0.25, 0.3) is 5.82 Å². The molecule has 0 aliphatic rings. The third kappa shape index (κ3) is 1.43. The van der Waals surface area contributed by atoms with E-state index >= 15 is 0 Å². The standard InChI is InChI=1S/C9H11N5O/c1-6-11-7(2)14(12-6)9-8(5-15)4-10-13(9)3/h4-5H,1-3H3. The zero-order chi connectivity index (χ0) is 11.0. The first-order valence-electron chi connectivity index (χ1n) is 4.51. The maximum Gasteiger partial charge on any atom is 0.164 e. The van der Waals surface area contributed by atoms with E-state index < -0.39 is 0 Å². The van der Waals surface area contributed by atoms with Crippen LogP contribution in [-0.4, -0.2) is 30.8 Å². The Kier molecular flexibility index (Phi) is 2.11. The molecule has 0 saturated carbocycles. The molecule has 15 heavy (non-hydrogen) atoms. The van der Waals surface area contributed by atoms with Gasteiger partial charge >= 0.3 is 0 Å². The lowest BCUT2D eigenvalue weighted by Crippen LogP contribution is -2.08. The van der Waals surface area contributed by atoms with Gasteiger partial charge in [0.25, 0.3) is 0 Å². The Morgan fingerprint density at radius 3 is 2.67 bits per heavy atom.